The number of aromatic nitrogens is 2. The quantitative estimate of drug-likeness (QED) is 0.202. The first kappa shape index (κ1) is 25.6. The molecule has 172 valence electrons. The molecule has 0 bridgehead atoms. The highest BCUT2D eigenvalue weighted by Gasteiger charge is 2.45. The molecule has 0 radical (unpaired) electrons. The highest BCUT2D eigenvalue weighted by Crippen LogP contribution is 2.66. The average molecular weight is 516 g/mol. The van der Waals surface area contributed by atoms with Crippen molar-refractivity contribution in [3.63, 3.8) is 0 Å². The molecule has 0 saturated carbocycles. The molecule has 2 rings (SSSR count). The number of hydrogen-bond acceptors (Lipinski definition) is 10. The molecule has 1 aliphatic rings. The Labute approximate surface area is 171 Å². The van der Waals surface area contributed by atoms with Gasteiger partial charge in [-0.1, -0.05) is 6.92 Å². The number of nitrogens with one attached hydrogen (secondary N) is 1. The third-order valence-corrected chi connectivity index (χ3v) is 7.82. The fraction of sp³-hybridized carbons (Fsp3) is 0.600. The van der Waals surface area contributed by atoms with Crippen LogP contribution in [-0.2, 0) is 31.6 Å². The number of phosphoric ester groups is 1. The Morgan fingerprint density at radius 3 is 2.40 bits per heavy atom. The summed E-state index contributed by atoms with van der Waals surface area (Å²) in [7, 11) is -16.7. The predicted molar refractivity (Wildman–Crippen MR) is 94.7 cm³/mol. The molecule has 6 N–H and O–H groups in total. The summed E-state index contributed by atoms with van der Waals surface area (Å²) >= 11 is 4.90. The number of ether oxygens (including phenoxy) is 1. The Bertz CT molecular complexity index is 1050. The van der Waals surface area contributed by atoms with Crippen LogP contribution in [0.15, 0.2) is 11.0 Å². The fourth-order valence-electron chi connectivity index (χ4n) is 2.47. The highest BCUT2D eigenvalue weighted by atomic mass is 32.1. The van der Waals surface area contributed by atoms with E-state index in [2.05, 4.69) is 13.1 Å². The number of aliphatic hydroxyl groups is 1. The lowest BCUT2D eigenvalue weighted by atomic mass is 10.0. The van der Waals surface area contributed by atoms with Gasteiger partial charge in [0.2, 0.25) is 5.82 Å². The zero-order valence-electron chi connectivity index (χ0n) is 14.7. The van der Waals surface area contributed by atoms with Crippen LogP contribution in [-0.4, -0.2) is 53.0 Å². The number of nitrogens with zero attached hydrogens (tertiary/aromatic N) is 1. The molecule has 3 unspecified atom stereocenters. The van der Waals surface area contributed by atoms with Crippen molar-refractivity contribution < 1.29 is 60.6 Å². The topological polar surface area (TPSA) is 227 Å². The molecule has 1 aromatic rings. The summed E-state index contributed by atoms with van der Waals surface area (Å²) in [6.07, 6.45) is -3.13. The number of rotatable bonds is 8. The summed E-state index contributed by atoms with van der Waals surface area (Å²) in [4.78, 5) is 48.8. The van der Waals surface area contributed by atoms with Crippen molar-refractivity contribution in [2.75, 3.05) is 6.61 Å². The molecule has 1 fully saturated rings. The van der Waals surface area contributed by atoms with Gasteiger partial charge in [0, 0.05) is 5.92 Å². The maximum Gasteiger partial charge on any atom is 0.490 e. The van der Waals surface area contributed by atoms with Crippen molar-refractivity contribution in [3.05, 3.63) is 27.1 Å². The van der Waals surface area contributed by atoms with Gasteiger partial charge in [-0.05, 0) is 12.2 Å². The maximum absolute atomic E-state index is 13.6. The van der Waals surface area contributed by atoms with Crippen molar-refractivity contribution >= 4 is 35.7 Å². The monoisotopic (exact) mass is 516 g/mol. The van der Waals surface area contributed by atoms with E-state index in [4.69, 9.17) is 31.6 Å². The lowest BCUT2D eigenvalue weighted by Crippen LogP contribution is -2.29. The van der Waals surface area contributed by atoms with Crippen LogP contribution >= 0.6 is 35.7 Å². The van der Waals surface area contributed by atoms with Gasteiger partial charge < -0.3 is 29.4 Å². The third kappa shape index (κ3) is 6.68. The lowest BCUT2D eigenvalue weighted by molar-refractivity contribution is -0.0464. The van der Waals surface area contributed by atoms with Crippen LogP contribution in [0.25, 0.3) is 0 Å². The first-order valence-corrected chi connectivity index (χ1v) is 12.6. The molecule has 1 aliphatic heterocycles. The summed E-state index contributed by atoms with van der Waals surface area (Å²) in [5.41, 5.74) is -1.08. The van der Waals surface area contributed by atoms with E-state index in [0.717, 1.165) is 10.8 Å². The van der Waals surface area contributed by atoms with E-state index in [0.29, 0.717) is 0 Å². The highest BCUT2D eigenvalue weighted by molar-refractivity contribution is 7.71. The molecule has 2 heterocycles. The molecule has 20 heteroatoms. The average Bonchev–Trinajstić information content (AvgIpc) is 2.81. The van der Waals surface area contributed by atoms with Gasteiger partial charge in [-0.2, -0.15) is 13.0 Å². The second-order valence-corrected chi connectivity index (χ2v) is 10.8. The van der Waals surface area contributed by atoms with Crippen molar-refractivity contribution in [2.45, 2.75) is 25.4 Å². The summed E-state index contributed by atoms with van der Waals surface area (Å²) in [5, 5.41) is 10.2. The van der Waals surface area contributed by atoms with Crippen LogP contribution in [0.5, 0.6) is 0 Å². The Morgan fingerprint density at radius 1 is 1.23 bits per heavy atom. The van der Waals surface area contributed by atoms with Gasteiger partial charge in [0.05, 0.1) is 18.9 Å². The number of hydrogen-bond donors (Lipinski definition) is 6. The molecule has 1 saturated heterocycles. The number of halogens is 1. The molecule has 1 aromatic heterocycles. The van der Waals surface area contributed by atoms with E-state index in [1.54, 1.807) is 0 Å². The van der Waals surface area contributed by atoms with Gasteiger partial charge in [0.1, 0.15) is 12.3 Å². The Morgan fingerprint density at radius 2 is 1.83 bits per heavy atom. The lowest BCUT2D eigenvalue weighted by Gasteiger charge is -2.19. The Balaban J connectivity index is 2.09. The van der Waals surface area contributed by atoms with Crippen LogP contribution in [0, 0.1) is 16.5 Å². The molecule has 0 aliphatic carbocycles. The van der Waals surface area contributed by atoms with Gasteiger partial charge in [0.25, 0.3) is 5.56 Å². The van der Waals surface area contributed by atoms with Gasteiger partial charge >= 0.3 is 23.5 Å². The summed E-state index contributed by atoms with van der Waals surface area (Å²) in [6, 6.07) is 0. The minimum atomic E-state index is -5.70. The Kier molecular flexibility index (Phi) is 7.75. The van der Waals surface area contributed by atoms with Crippen molar-refractivity contribution in [1.82, 2.24) is 9.55 Å². The first-order chi connectivity index (χ1) is 13.5. The van der Waals surface area contributed by atoms with E-state index in [1.807, 2.05) is 4.98 Å². The third-order valence-electron chi connectivity index (χ3n) is 3.70. The van der Waals surface area contributed by atoms with Crippen LogP contribution in [0.4, 0.5) is 4.39 Å². The fourth-order valence-corrected chi connectivity index (χ4v) is 5.75. The van der Waals surface area contributed by atoms with Gasteiger partial charge in [-0.25, -0.2) is 13.7 Å². The van der Waals surface area contributed by atoms with Crippen LogP contribution in [0.1, 0.15) is 13.2 Å². The van der Waals surface area contributed by atoms with Crippen LogP contribution in [0.2, 0.25) is 0 Å². The van der Waals surface area contributed by atoms with Crippen molar-refractivity contribution in [2.24, 2.45) is 5.92 Å². The summed E-state index contributed by atoms with van der Waals surface area (Å²) in [6.45, 7) is 0.538. The summed E-state index contributed by atoms with van der Waals surface area (Å²) < 4.78 is 64.9. The van der Waals surface area contributed by atoms with Gasteiger partial charge in [0.15, 0.2) is 4.77 Å². The molecule has 0 spiro atoms. The summed E-state index contributed by atoms with van der Waals surface area (Å²) in [5.74, 6) is -1.98. The van der Waals surface area contributed by atoms with Crippen molar-refractivity contribution in [3.8, 4) is 0 Å². The van der Waals surface area contributed by atoms with E-state index in [-0.39, 0.29) is 4.77 Å². The number of aliphatic hydroxyl groups excluding tert-OH is 1. The van der Waals surface area contributed by atoms with Crippen LogP contribution < -0.4 is 5.56 Å². The zero-order valence-corrected chi connectivity index (χ0v) is 18.2. The number of H-pyrrole nitrogens is 1. The molecule has 0 aromatic carbocycles. The largest absolute Gasteiger partial charge is 0.490 e. The van der Waals surface area contributed by atoms with E-state index in [9.17, 15) is 32.9 Å². The second-order valence-electron chi connectivity index (χ2n) is 5.95. The number of aromatic amines is 1. The SMILES string of the molecule is CC1[C@@H](O)[C@@H](COP(=O)(O)OP(=O)(O)OP(=O)(O)O)O[C@H]1n1cc(F)c(=O)[nH]c1=S. The van der Waals surface area contributed by atoms with Gasteiger partial charge in [-0.3, -0.25) is 18.9 Å². The number of phosphoric acid groups is 3. The van der Waals surface area contributed by atoms with Gasteiger partial charge in [-0.15, -0.1) is 0 Å². The van der Waals surface area contributed by atoms with Crippen molar-refractivity contribution in [1.29, 1.82) is 0 Å². The molecule has 0 amide bonds. The maximum atomic E-state index is 13.6. The normalized spacial score (nSPS) is 28.8. The molecule has 30 heavy (non-hydrogen) atoms. The Hall–Kier alpha value is -0.640. The van der Waals surface area contributed by atoms with Crippen LogP contribution in [0.3, 0.4) is 0 Å². The minimum absolute atomic E-state index is 0.237. The molecular formula is C10H16FN2O13P3S. The van der Waals surface area contributed by atoms with E-state index in [1.165, 1.54) is 6.92 Å². The second kappa shape index (κ2) is 9.08. The van der Waals surface area contributed by atoms with E-state index >= 15 is 0 Å². The predicted octanol–water partition coefficient (Wildman–Crippen LogP) is 0.283. The standard InChI is InChI=1S/C10H16FN2O13P3S/c1-4-7(14)6(24-9(4)13-2-5(11)8(15)12-10(13)30)3-23-28(19,20)26-29(21,22)25-27(16,17)18/h2,4,6-7,9,14H,3H2,1H3,(H,19,20)(H,21,22)(H,12,15,30)(H2,16,17,18)/t4?,6-,7-,9-/m1/s1. The smallest absolute Gasteiger partial charge is 0.390 e. The molecular weight excluding hydrogens is 500 g/mol. The molecule has 6 atom stereocenters. The minimum Gasteiger partial charge on any atom is -0.390 e. The van der Waals surface area contributed by atoms with E-state index < -0.39 is 65.8 Å². The first-order valence-electron chi connectivity index (χ1n) is 7.64. The molecule has 15 nitrogen and oxygen atoms in total. The zero-order chi connectivity index (χ0) is 23.1.